The Balaban J connectivity index is 1.22. The predicted octanol–water partition coefficient (Wildman–Crippen LogP) is 1.04. The van der Waals surface area contributed by atoms with Crippen LogP contribution in [-0.2, 0) is 9.53 Å². The second-order valence-corrected chi connectivity index (χ2v) is 8.67. The Bertz CT molecular complexity index is 998. The summed E-state index contributed by atoms with van der Waals surface area (Å²) in [5.74, 6) is 0.479. The zero-order chi connectivity index (χ0) is 24.8. The Hall–Kier alpha value is -3.34. The van der Waals surface area contributed by atoms with Gasteiger partial charge in [-0.15, -0.1) is 0 Å². The van der Waals surface area contributed by atoms with Gasteiger partial charge in [0.05, 0.1) is 19.6 Å². The topological polar surface area (TPSA) is 124 Å². The number of urea groups is 1. The number of hydrogen-bond acceptors (Lipinski definition) is 7. The Morgan fingerprint density at radius 3 is 2.43 bits per heavy atom. The first-order valence-electron chi connectivity index (χ1n) is 11.7. The van der Waals surface area contributed by atoms with Crippen LogP contribution < -0.4 is 20.3 Å². The summed E-state index contributed by atoms with van der Waals surface area (Å²) >= 11 is 0. The fourth-order valence-corrected chi connectivity index (χ4v) is 4.39. The van der Waals surface area contributed by atoms with Gasteiger partial charge in [0.25, 0.3) is 0 Å². The van der Waals surface area contributed by atoms with Crippen LogP contribution in [0.25, 0.3) is 0 Å². The fraction of sp³-hybridized carbons (Fsp3) is 0.440. The molecule has 4 atom stereocenters. The van der Waals surface area contributed by atoms with Crippen molar-refractivity contribution in [3.63, 3.8) is 0 Å². The van der Waals surface area contributed by atoms with E-state index in [1.165, 1.54) is 7.11 Å². The van der Waals surface area contributed by atoms with E-state index in [0.717, 1.165) is 18.8 Å². The van der Waals surface area contributed by atoms with Crippen molar-refractivity contribution in [2.24, 2.45) is 0 Å². The van der Waals surface area contributed by atoms with Gasteiger partial charge in [0, 0.05) is 50.2 Å². The zero-order valence-corrected chi connectivity index (χ0v) is 19.7. The zero-order valence-electron chi connectivity index (χ0n) is 19.7. The van der Waals surface area contributed by atoms with Gasteiger partial charge < -0.3 is 40.1 Å². The summed E-state index contributed by atoms with van der Waals surface area (Å²) in [4.78, 5) is 29.0. The molecule has 4 unspecified atom stereocenters. The minimum Gasteiger partial charge on any atom is -0.497 e. The van der Waals surface area contributed by atoms with Gasteiger partial charge in [-0.1, -0.05) is 24.3 Å². The molecule has 10 heteroatoms. The summed E-state index contributed by atoms with van der Waals surface area (Å²) < 4.78 is 10.9. The lowest BCUT2D eigenvalue weighted by molar-refractivity contribution is -0.135. The highest BCUT2D eigenvalue weighted by molar-refractivity contribution is 5.89. The van der Waals surface area contributed by atoms with Crippen LogP contribution in [0, 0.1) is 0 Å². The third kappa shape index (κ3) is 6.21. The number of piperazine rings is 1. The Morgan fingerprint density at radius 1 is 1.00 bits per heavy atom. The van der Waals surface area contributed by atoms with Crippen LogP contribution in [-0.4, -0.2) is 91.3 Å². The Labute approximate surface area is 204 Å². The summed E-state index contributed by atoms with van der Waals surface area (Å²) in [6, 6.07) is 16.5. The number of nitrogens with one attached hydrogen (secondary N) is 2. The van der Waals surface area contributed by atoms with E-state index < -0.39 is 30.4 Å². The van der Waals surface area contributed by atoms with E-state index in [1.54, 1.807) is 29.2 Å². The SMILES string of the molecule is COc1cccc(NC(=O)NCC2OC(CC(=O)N3CCN(c4ccccc4)CC3)C(O)C2O)c1. The van der Waals surface area contributed by atoms with Crippen molar-refractivity contribution in [1.82, 2.24) is 10.2 Å². The number of hydrogen-bond donors (Lipinski definition) is 4. The Kier molecular flexibility index (Phi) is 8.06. The van der Waals surface area contributed by atoms with Crippen molar-refractivity contribution >= 4 is 23.3 Å². The molecule has 3 amide bonds. The first kappa shape index (κ1) is 24.8. The number of carbonyl (C=O) groups is 2. The van der Waals surface area contributed by atoms with Crippen LogP contribution >= 0.6 is 0 Å². The molecule has 4 N–H and O–H groups in total. The first-order valence-corrected chi connectivity index (χ1v) is 11.7. The lowest BCUT2D eigenvalue weighted by Crippen LogP contribution is -2.49. The highest BCUT2D eigenvalue weighted by Crippen LogP contribution is 2.25. The largest absolute Gasteiger partial charge is 0.497 e. The minimum absolute atomic E-state index is 0.0194. The summed E-state index contributed by atoms with van der Waals surface area (Å²) in [5.41, 5.74) is 1.67. The average Bonchev–Trinajstić information content (AvgIpc) is 3.16. The number of aliphatic hydroxyl groups excluding tert-OH is 2. The smallest absolute Gasteiger partial charge is 0.319 e. The van der Waals surface area contributed by atoms with E-state index >= 15 is 0 Å². The molecular weight excluding hydrogens is 452 g/mol. The second-order valence-electron chi connectivity index (χ2n) is 8.67. The maximum Gasteiger partial charge on any atom is 0.319 e. The number of ether oxygens (including phenoxy) is 2. The number of methoxy groups -OCH3 is 1. The summed E-state index contributed by atoms with van der Waals surface area (Å²) in [5, 5.41) is 26.1. The van der Waals surface area contributed by atoms with Gasteiger partial charge in [-0.2, -0.15) is 0 Å². The molecular formula is C25H32N4O6. The van der Waals surface area contributed by atoms with Crippen molar-refractivity contribution in [3.8, 4) is 5.75 Å². The monoisotopic (exact) mass is 484 g/mol. The van der Waals surface area contributed by atoms with Gasteiger partial charge in [0.15, 0.2) is 0 Å². The quantitative estimate of drug-likeness (QED) is 0.463. The van der Waals surface area contributed by atoms with Crippen molar-refractivity contribution < 1.29 is 29.3 Å². The van der Waals surface area contributed by atoms with E-state index in [9.17, 15) is 19.8 Å². The highest BCUT2D eigenvalue weighted by Gasteiger charge is 2.44. The summed E-state index contributed by atoms with van der Waals surface area (Å²) in [6.07, 6.45) is -4.11. The molecule has 2 aliphatic heterocycles. The van der Waals surface area contributed by atoms with Crippen LogP contribution in [0.2, 0.25) is 0 Å². The minimum atomic E-state index is -1.21. The first-order chi connectivity index (χ1) is 16.9. The van der Waals surface area contributed by atoms with E-state index in [2.05, 4.69) is 15.5 Å². The molecule has 2 aliphatic rings. The van der Waals surface area contributed by atoms with E-state index in [4.69, 9.17) is 9.47 Å². The standard InChI is InChI=1S/C25H32N4O6/c1-34-19-9-5-6-17(14-19)27-25(33)26-16-21-24(32)23(31)20(35-21)15-22(30)29-12-10-28(11-13-29)18-7-3-2-4-8-18/h2-9,14,20-21,23-24,31-32H,10-13,15-16H2,1H3,(H2,26,27,33). The molecule has 35 heavy (non-hydrogen) atoms. The van der Waals surface area contributed by atoms with Crippen LogP contribution in [0.1, 0.15) is 6.42 Å². The van der Waals surface area contributed by atoms with Gasteiger partial charge >= 0.3 is 6.03 Å². The molecule has 0 radical (unpaired) electrons. The lowest BCUT2D eigenvalue weighted by Gasteiger charge is -2.36. The van der Waals surface area contributed by atoms with E-state index in [-0.39, 0.29) is 18.9 Å². The molecule has 0 bridgehead atoms. The van der Waals surface area contributed by atoms with Gasteiger partial charge in [-0.25, -0.2) is 4.79 Å². The predicted molar refractivity (Wildman–Crippen MR) is 131 cm³/mol. The number of nitrogens with zero attached hydrogens (tertiary/aromatic N) is 2. The lowest BCUT2D eigenvalue weighted by atomic mass is 10.0. The molecule has 0 spiro atoms. The van der Waals surface area contributed by atoms with Crippen LogP contribution in [0.5, 0.6) is 5.75 Å². The maximum atomic E-state index is 12.8. The molecule has 2 heterocycles. The number of rotatable bonds is 7. The summed E-state index contributed by atoms with van der Waals surface area (Å²) in [6.45, 7) is 2.58. The number of carbonyl (C=O) groups excluding carboxylic acids is 2. The Morgan fingerprint density at radius 2 is 1.71 bits per heavy atom. The fourth-order valence-electron chi connectivity index (χ4n) is 4.39. The third-order valence-electron chi connectivity index (χ3n) is 6.38. The molecule has 0 aromatic heterocycles. The molecule has 2 saturated heterocycles. The second kappa shape index (κ2) is 11.4. The van der Waals surface area contributed by atoms with Crippen LogP contribution in [0.3, 0.4) is 0 Å². The molecule has 4 rings (SSSR count). The van der Waals surface area contributed by atoms with Crippen LogP contribution in [0.4, 0.5) is 16.2 Å². The normalized spacial score (nSPS) is 24.2. The molecule has 0 aliphatic carbocycles. The number of anilines is 2. The van der Waals surface area contributed by atoms with E-state index in [1.807, 2.05) is 30.3 Å². The number of para-hydroxylation sites is 1. The van der Waals surface area contributed by atoms with Gasteiger partial charge in [-0.3, -0.25) is 4.79 Å². The third-order valence-corrected chi connectivity index (χ3v) is 6.38. The van der Waals surface area contributed by atoms with Gasteiger partial charge in [0.2, 0.25) is 5.91 Å². The molecule has 0 saturated carbocycles. The van der Waals surface area contributed by atoms with Crippen molar-refractivity contribution in [2.45, 2.75) is 30.8 Å². The van der Waals surface area contributed by atoms with E-state index in [0.29, 0.717) is 24.5 Å². The number of benzene rings is 2. The van der Waals surface area contributed by atoms with Crippen molar-refractivity contribution in [3.05, 3.63) is 54.6 Å². The molecule has 2 fully saturated rings. The van der Waals surface area contributed by atoms with Crippen molar-refractivity contribution in [2.75, 3.05) is 50.1 Å². The summed E-state index contributed by atoms with van der Waals surface area (Å²) in [7, 11) is 1.54. The molecule has 188 valence electrons. The molecule has 2 aromatic carbocycles. The number of aliphatic hydroxyl groups is 2. The van der Waals surface area contributed by atoms with Gasteiger partial charge in [-0.05, 0) is 24.3 Å². The highest BCUT2D eigenvalue weighted by atomic mass is 16.5. The van der Waals surface area contributed by atoms with Gasteiger partial charge in [0.1, 0.15) is 24.1 Å². The molecule has 2 aromatic rings. The number of amides is 3. The van der Waals surface area contributed by atoms with Crippen molar-refractivity contribution in [1.29, 1.82) is 0 Å². The average molecular weight is 485 g/mol. The van der Waals surface area contributed by atoms with Crippen LogP contribution in [0.15, 0.2) is 54.6 Å². The molecule has 10 nitrogen and oxygen atoms in total. The maximum absolute atomic E-state index is 12.8.